The maximum Gasteiger partial charge on any atom is 0.416 e. The highest BCUT2D eigenvalue weighted by Gasteiger charge is 2.33. The van der Waals surface area contributed by atoms with Crippen molar-refractivity contribution in [3.63, 3.8) is 0 Å². The average Bonchev–Trinajstić information content (AvgIpc) is 3.02. The topological polar surface area (TPSA) is 19.6 Å². The van der Waals surface area contributed by atoms with Gasteiger partial charge in [0.2, 0.25) is 0 Å². The van der Waals surface area contributed by atoms with Crippen LogP contribution in [-0.2, 0) is 19.3 Å². The van der Waals surface area contributed by atoms with Crippen molar-refractivity contribution < 1.29 is 17.6 Å². The van der Waals surface area contributed by atoms with Crippen LogP contribution in [0.4, 0.5) is 13.2 Å². The van der Waals surface area contributed by atoms with Crippen molar-refractivity contribution in [1.29, 1.82) is 0 Å². The molecule has 1 aliphatic heterocycles. The Bertz CT molecular complexity index is 617. The van der Waals surface area contributed by atoms with Crippen molar-refractivity contribution in [3.05, 3.63) is 59.5 Å². The van der Waals surface area contributed by atoms with Gasteiger partial charge < -0.3 is 4.42 Å². The van der Waals surface area contributed by atoms with Crippen molar-refractivity contribution in [2.24, 2.45) is 0 Å². The maximum atomic E-state index is 13.0. The molecule has 0 aliphatic carbocycles. The minimum Gasteiger partial charge on any atom is -0.468 e. The molecule has 0 saturated carbocycles. The lowest BCUT2D eigenvalue weighted by Gasteiger charge is -2.34. The lowest BCUT2D eigenvalue weighted by molar-refractivity contribution is -0.138. The third-order valence-electron chi connectivity index (χ3n) is 4.14. The highest BCUT2D eigenvalue weighted by atomic mass is 19.4. The van der Waals surface area contributed by atoms with Gasteiger partial charge in [-0.2, -0.15) is 13.2 Å². The number of hydrogen-bond acceptors (Lipinski definition) is 3. The van der Waals surface area contributed by atoms with Gasteiger partial charge in [0.1, 0.15) is 5.76 Å². The van der Waals surface area contributed by atoms with Crippen molar-refractivity contribution in [2.75, 3.05) is 26.2 Å². The lowest BCUT2D eigenvalue weighted by atomic mass is 10.1. The van der Waals surface area contributed by atoms with Crippen LogP contribution in [0.25, 0.3) is 0 Å². The van der Waals surface area contributed by atoms with E-state index >= 15 is 0 Å². The molecule has 0 radical (unpaired) electrons. The Labute approximate surface area is 133 Å². The van der Waals surface area contributed by atoms with Crippen LogP contribution in [-0.4, -0.2) is 36.0 Å². The fourth-order valence-corrected chi connectivity index (χ4v) is 2.90. The molecule has 0 spiro atoms. The molecule has 1 aromatic carbocycles. The van der Waals surface area contributed by atoms with Gasteiger partial charge in [0.15, 0.2) is 0 Å². The molecule has 1 fully saturated rings. The molecule has 1 aromatic heterocycles. The van der Waals surface area contributed by atoms with E-state index in [4.69, 9.17) is 4.42 Å². The molecule has 2 heterocycles. The monoisotopic (exact) mass is 324 g/mol. The maximum absolute atomic E-state index is 13.0. The molecule has 23 heavy (non-hydrogen) atoms. The minimum absolute atomic E-state index is 0.338. The number of halogens is 3. The number of alkyl halides is 3. The first kappa shape index (κ1) is 16.1. The quantitative estimate of drug-likeness (QED) is 0.856. The van der Waals surface area contributed by atoms with Crippen LogP contribution in [0.2, 0.25) is 0 Å². The van der Waals surface area contributed by atoms with Crippen LogP contribution in [0.1, 0.15) is 16.9 Å². The van der Waals surface area contributed by atoms with Gasteiger partial charge in [-0.15, -0.1) is 0 Å². The Kier molecular flexibility index (Phi) is 4.73. The van der Waals surface area contributed by atoms with Gasteiger partial charge in [-0.25, -0.2) is 0 Å². The number of nitrogens with zero attached hydrogens (tertiary/aromatic N) is 2. The fourth-order valence-electron chi connectivity index (χ4n) is 2.90. The molecule has 0 atom stereocenters. The molecule has 0 unspecified atom stereocenters. The Morgan fingerprint density at radius 1 is 0.870 bits per heavy atom. The van der Waals surface area contributed by atoms with E-state index in [1.54, 1.807) is 18.4 Å². The number of piperazine rings is 1. The third kappa shape index (κ3) is 4.14. The van der Waals surface area contributed by atoms with Gasteiger partial charge in [0, 0.05) is 32.7 Å². The third-order valence-corrected chi connectivity index (χ3v) is 4.14. The van der Waals surface area contributed by atoms with Gasteiger partial charge in [-0.3, -0.25) is 9.80 Å². The molecule has 0 N–H and O–H groups in total. The first-order chi connectivity index (χ1) is 11.0. The fraction of sp³-hybridized carbons (Fsp3) is 0.412. The van der Waals surface area contributed by atoms with Crippen LogP contribution in [0.3, 0.4) is 0 Å². The largest absolute Gasteiger partial charge is 0.468 e. The second-order valence-electron chi connectivity index (χ2n) is 5.79. The van der Waals surface area contributed by atoms with Gasteiger partial charge in [0.25, 0.3) is 0 Å². The second kappa shape index (κ2) is 6.76. The Hall–Kier alpha value is -1.79. The van der Waals surface area contributed by atoms with E-state index in [9.17, 15) is 13.2 Å². The predicted octanol–water partition coefficient (Wildman–Crippen LogP) is 3.62. The van der Waals surface area contributed by atoms with Gasteiger partial charge in [0.05, 0.1) is 18.4 Å². The van der Waals surface area contributed by atoms with Crippen LogP contribution in [0.15, 0.2) is 47.1 Å². The Balaban J connectivity index is 1.57. The second-order valence-corrected chi connectivity index (χ2v) is 5.79. The molecule has 0 amide bonds. The minimum atomic E-state index is -4.29. The van der Waals surface area contributed by atoms with Crippen molar-refractivity contribution >= 4 is 0 Å². The molecule has 2 aromatic rings. The van der Waals surface area contributed by atoms with E-state index < -0.39 is 11.7 Å². The summed E-state index contributed by atoms with van der Waals surface area (Å²) in [6, 6.07) is 9.62. The van der Waals surface area contributed by atoms with Gasteiger partial charge in [-0.05, 0) is 23.8 Å². The number of benzene rings is 1. The standard InChI is InChI=1S/C17H19F3N2O/c18-17(19,20)16-6-2-1-4-14(16)12-21-7-9-22(10-8-21)13-15-5-3-11-23-15/h1-6,11H,7-10,12-13H2. The summed E-state index contributed by atoms with van der Waals surface area (Å²) in [5.41, 5.74) is -0.183. The number of hydrogen-bond donors (Lipinski definition) is 0. The van der Waals surface area contributed by atoms with E-state index in [1.807, 2.05) is 12.1 Å². The molecule has 1 aliphatic rings. The summed E-state index contributed by atoms with van der Waals surface area (Å²) in [6.07, 6.45) is -2.64. The molecular formula is C17H19F3N2O. The van der Waals surface area contributed by atoms with Crippen LogP contribution >= 0.6 is 0 Å². The van der Waals surface area contributed by atoms with Crippen molar-refractivity contribution in [3.8, 4) is 0 Å². The Morgan fingerprint density at radius 2 is 1.52 bits per heavy atom. The van der Waals surface area contributed by atoms with Crippen LogP contribution in [0.5, 0.6) is 0 Å². The number of furan rings is 1. The summed E-state index contributed by atoms with van der Waals surface area (Å²) in [5.74, 6) is 0.917. The SMILES string of the molecule is FC(F)(F)c1ccccc1CN1CCN(Cc2ccco2)CC1. The molecule has 124 valence electrons. The summed E-state index contributed by atoms with van der Waals surface area (Å²) in [6.45, 7) is 4.26. The summed E-state index contributed by atoms with van der Waals surface area (Å²) in [4.78, 5) is 4.33. The highest BCUT2D eigenvalue weighted by molar-refractivity contribution is 5.29. The highest BCUT2D eigenvalue weighted by Crippen LogP contribution is 2.32. The molecule has 6 heteroatoms. The van der Waals surface area contributed by atoms with E-state index in [0.29, 0.717) is 12.1 Å². The average molecular weight is 324 g/mol. The summed E-state index contributed by atoms with van der Waals surface area (Å²) < 4.78 is 44.4. The van der Waals surface area contributed by atoms with E-state index in [-0.39, 0.29) is 0 Å². The first-order valence-electron chi connectivity index (χ1n) is 7.64. The number of rotatable bonds is 4. The zero-order valence-corrected chi connectivity index (χ0v) is 12.7. The zero-order chi connectivity index (χ0) is 16.3. The molecular weight excluding hydrogens is 305 g/mol. The van der Waals surface area contributed by atoms with Crippen molar-refractivity contribution in [2.45, 2.75) is 19.3 Å². The smallest absolute Gasteiger partial charge is 0.416 e. The normalized spacial score (nSPS) is 17.5. The molecule has 3 nitrogen and oxygen atoms in total. The Morgan fingerprint density at radius 3 is 2.13 bits per heavy atom. The van der Waals surface area contributed by atoms with E-state index in [2.05, 4.69) is 9.80 Å². The first-order valence-corrected chi connectivity index (χ1v) is 7.64. The van der Waals surface area contributed by atoms with E-state index in [1.165, 1.54) is 6.07 Å². The lowest BCUT2D eigenvalue weighted by Crippen LogP contribution is -2.45. The summed E-state index contributed by atoms with van der Waals surface area (Å²) in [7, 11) is 0. The van der Waals surface area contributed by atoms with Gasteiger partial charge in [-0.1, -0.05) is 18.2 Å². The van der Waals surface area contributed by atoms with Crippen LogP contribution < -0.4 is 0 Å². The molecule has 3 rings (SSSR count). The van der Waals surface area contributed by atoms with Crippen molar-refractivity contribution in [1.82, 2.24) is 9.80 Å². The zero-order valence-electron chi connectivity index (χ0n) is 12.7. The van der Waals surface area contributed by atoms with Gasteiger partial charge >= 0.3 is 6.18 Å². The molecule has 1 saturated heterocycles. The summed E-state index contributed by atoms with van der Waals surface area (Å²) in [5, 5.41) is 0. The summed E-state index contributed by atoms with van der Waals surface area (Å²) >= 11 is 0. The predicted molar refractivity (Wildman–Crippen MR) is 80.7 cm³/mol. The molecule has 0 bridgehead atoms. The van der Waals surface area contributed by atoms with Crippen LogP contribution in [0, 0.1) is 0 Å². The van der Waals surface area contributed by atoms with E-state index in [0.717, 1.165) is 44.6 Å².